The Labute approximate surface area is 97.4 Å². The number of nitrogens with one attached hydrogen (secondary N) is 2. The number of hydrogen-bond donors (Lipinski definition) is 2. The van der Waals surface area contributed by atoms with Crippen LogP contribution in [-0.2, 0) is 6.42 Å². The minimum absolute atomic E-state index is 0.677. The molecule has 0 spiro atoms. The summed E-state index contributed by atoms with van der Waals surface area (Å²) < 4.78 is 0. The van der Waals surface area contributed by atoms with Crippen LogP contribution in [0.2, 0.25) is 0 Å². The van der Waals surface area contributed by atoms with Crippen LogP contribution in [0.3, 0.4) is 0 Å². The van der Waals surface area contributed by atoms with Crippen LogP contribution in [0.15, 0.2) is 30.3 Å². The SMILES string of the molecule is c1ccc(CC2NCCC3CNCC32)cc1. The maximum atomic E-state index is 3.70. The molecular weight excluding hydrogens is 196 g/mol. The third-order valence-corrected chi connectivity index (χ3v) is 4.13. The van der Waals surface area contributed by atoms with E-state index in [9.17, 15) is 0 Å². The zero-order valence-corrected chi connectivity index (χ0v) is 9.65. The van der Waals surface area contributed by atoms with Crippen molar-refractivity contribution in [1.29, 1.82) is 0 Å². The van der Waals surface area contributed by atoms with Crippen LogP contribution >= 0.6 is 0 Å². The summed E-state index contributed by atoms with van der Waals surface area (Å²) in [5.41, 5.74) is 1.47. The number of rotatable bonds is 2. The molecule has 16 heavy (non-hydrogen) atoms. The topological polar surface area (TPSA) is 24.1 Å². The molecule has 0 bridgehead atoms. The van der Waals surface area contributed by atoms with E-state index >= 15 is 0 Å². The first-order valence-corrected chi connectivity index (χ1v) is 6.41. The van der Waals surface area contributed by atoms with Gasteiger partial charge in [-0.25, -0.2) is 0 Å². The lowest BCUT2D eigenvalue weighted by Gasteiger charge is -2.34. The molecule has 0 radical (unpaired) electrons. The highest BCUT2D eigenvalue weighted by atomic mass is 15.0. The van der Waals surface area contributed by atoms with Crippen molar-refractivity contribution in [2.24, 2.45) is 11.8 Å². The van der Waals surface area contributed by atoms with E-state index in [1.54, 1.807) is 0 Å². The van der Waals surface area contributed by atoms with Crippen molar-refractivity contribution in [3.05, 3.63) is 35.9 Å². The van der Waals surface area contributed by atoms with Crippen LogP contribution in [0.1, 0.15) is 12.0 Å². The molecule has 2 N–H and O–H groups in total. The summed E-state index contributed by atoms with van der Waals surface area (Å²) in [4.78, 5) is 0. The highest BCUT2D eigenvalue weighted by Crippen LogP contribution is 2.28. The molecule has 2 saturated heterocycles. The molecule has 0 saturated carbocycles. The Balaban J connectivity index is 1.70. The first-order chi connectivity index (χ1) is 7.93. The zero-order valence-electron chi connectivity index (χ0n) is 9.65. The molecule has 86 valence electrons. The van der Waals surface area contributed by atoms with Gasteiger partial charge >= 0.3 is 0 Å². The molecule has 1 aromatic rings. The predicted octanol–water partition coefficient (Wildman–Crippen LogP) is 1.43. The fourth-order valence-corrected chi connectivity index (χ4v) is 3.24. The van der Waals surface area contributed by atoms with E-state index in [1.807, 2.05) is 0 Å². The molecule has 1 aromatic carbocycles. The van der Waals surface area contributed by atoms with Gasteiger partial charge in [0.15, 0.2) is 0 Å². The van der Waals surface area contributed by atoms with Crippen LogP contribution in [0.5, 0.6) is 0 Å². The van der Waals surface area contributed by atoms with Crippen molar-refractivity contribution < 1.29 is 0 Å². The Bertz CT molecular complexity index is 336. The van der Waals surface area contributed by atoms with Gasteiger partial charge in [0.2, 0.25) is 0 Å². The second-order valence-corrected chi connectivity index (χ2v) is 5.12. The fourth-order valence-electron chi connectivity index (χ4n) is 3.24. The van der Waals surface area contributed by atoms with Crippen LogP contribution in [0, 0.1) is 11.8 Å². The van der Waals surface area contributed by atoms with Gasteiger partial charge in [0, 0.05) is 6.04 Å². The Kier molecular flexibility index (Phi) is 2.94. The van der Waals surface area contributed by atoms with E-state index in [0.717, 1.165) is 11.8 Å². The summed E-state index contributed by atoms with van der Waals surface area (Å²) in [6.45, 7) is 3.63. The van der Waals surface area contributed by atoms with Crippen molar-refractivity contribution in [3.8, 4) is 0 Å². The van der Waals surface area contributed by atoms with Crippen molar-refractivity contribution in [1.82, 2.24) is 10.6 Å². The standard InChI is InChI=1S/C14H20N2/c1-2-4-11(5-3-1)8-14-13-10-15-9-12(13)6-7-16-14/h1-5,12-16H,6-10H2. The number of benzene rings is 1. The van der Waals surface area contributed by atoms with Crippen LogP contribution < -0.4 is 10.6 Å². The molecule has 2 aliphatic heterocycles. The average Bonchev–Trinajstić information content (AvgIpc) is 2.80. The molecule has 2 nitrogen and oxygen atoms in total. The summed E-state index contributed by atoms with van der Waals surface area (Å²) in [7, 11) is 0. The van der Waals surface area contributed by atoms with Crippen molar-refractivity contribution in [3.63, 3.8) is 0 Å². The molecular formula is C14H20N2. The number of piperidine rings is 1. The summed E-state index contributed by atoms with van der Waals surface area (Å²) in [6.07, 6.45) is 2.53. The smallest absolute Gasteiger partial charge is 0.0151 e. The minimum Gasteiger partial charge on any atom is -0.316 e. The monoisotopic (exact) mass is 216 g/mol. The molecule has 0 amide bonds. The van der Waals surface area contributed by atoms with Gasteiger partial charge in [-0.3, -0.25) is 0 Å². The lowest BCUT2D eigenvalue weighted by molar-refractivity contribution is 0.237. The van der Waals surface area contributed by atoms with Gasteiger partial charge < -0.3 is 10.6 Å². The normalized spacial score (nSPS) is 33.6. The second-order valence-electron chi connectivity index (χ2n) is 5.12. The van der Waals surface area contributed by atoms with Gasteiger partial charge in [0.05, 0.1) is 0 Å². The molecule has 2 aliphatic rings. The third kappa shape index (κ3) is 2.00. The van der Waals surface area contributed by atoms with Crippen LogP contribution in [-0.4, -0.2) is 25.7 Å². The molecule has 3 atom stereocenters. The van der Waals surface area contributed by atoms with Crippen LogP contribution in [0.4, 0.5) is 0 Å². The third-order valence-electron chi connectivity index (χ3n) is 4.13. The van der Waals surface area contributed by atoms with Crippen molar-refractivity contribution >= 4 is 0 Å². The van der Waals surface area contributed by atoms with Crippen molar-refractivity contribution in [2.75, 3.05) is 19.6 Å². The van der Waals surface area contributed by atoms with Gasteiger partial charge in [0.1, 0.15) is 0 Å². The van der Waals surface area contributed by atoms with Gasteiger partial charge in [-0.1, -0.05) is 30.3 Å². The van der Waals surface area contributed by atoms with E-state index in [-0.39, 0.29) is 0 Å². The van der Waals surface area contributed by atoms with E-state index < -0.39 is 0 Å². The molecule has 0 aromatic heterocycles. The van der Waals surface area contributed by atoms with Gasteiger partial charge in [-0.15, -0.1) is 0 Å². The van der Waals surface area contributed by atoms with E-state index in [2.05, 4.69) is 41.0 Å². The molecule has 2 heteroatoms. The van der Waals surface area contributed by atoms with E-state index in [4.69, 9.17) is 0 Å². The summed E-state index contributed by atoms with van der Waals surface area (Å²) in [5, 5.41) is 7.24. The fraction of sp³-hybridized carbons (Fsp3) is 0.571. The highest BCUT2D eigenvalue weighted by molar-refractivity contribution is 5.17. The highest BCUT2D eigenvalue weighted by Gasteiger charge is 2.35. The van der Waals surface area contributed by atoms with E-state index in [1.165, 1.54) is 38.0 Å². The average molecular weight is 216 g/mol. The summed E-state index contributed by atoms with van der Waals surface area (Å²) in [5.74, 6) is 1.75. The Morgan fingerprint density at radius 2 is 2.00 bits per heavy atom. The number of fused-ring (bicyclic) bond motifs is 1. The molecule has 0 aliphatic carbocycles. The molecule has 3 rings (SSSR count). The molecule has 2 fully saturated rings. The Morgan fingerprint density at radius 3 is 2.88 bits per heavy atom. The largest absolute Gasteiger partial charge is 0.316 e. The van der Waals surface area contributed by atoms with Gasteiger partial charge in [-0.2, -0.15) is 0 Å². The Hall–Kier alpha value is -0.860. The molecule has 3 unspecified atom stereocenters. The molecule has 2 heterocycles. The predicted molar refractivity (Wildman–Crippen MR) is 66.4 cm³/mol. The second kappa shape index (κ2) is 4.56. The maximum Gasteiger partial charge on any atom is 0.0151 e. The van der Waals surface area contributed by atoms with Crippen molar-refractivity contribution in [2.45, 2.75) is 18.9 Å². The summed E-state index contributed by atoms with van der Waals surface area (Å²) in [6, 6.07) is 11.5. The quantitative estimate of drug-likeness (QED) is 0.781. The van der Waals surface area contributed by atoms with Crippen LogP contribution in [0.25, 0.3) is 0 Å². The summed E-state index contributed by atoms with van der Waals surface area (Å²) >= 11 is 0. The first kappa shape index (κ1) is 10.3. The lowest BCUT2D eigenvalue weighted by atomic mass is 9.81. The Morgan fingerprint density at radius 1 is 1.12 bits per heavy atom. The van der Waals surface area contributed by atoms with E-state index in [0.29, 0.717) is 6.04 Å². The maximum absolute atomic E-state index is 3.70. The zero-order chi connectivity index (χ0) is 10.8. The van der Waals surface area contributed by atoms with Gasteiger partial charge in [0.25, 0.3) is 0 Å². The van der Waals surface area contributed by atoms with Gasteiger partial charge in [-0.05, 0) is 49.9 Å². The minimum atomic E-state index is 0.677. The lowest BCUT2D eigenvalue weighted by Crippen LogP contribution is -2.46. The number of hydrogen-bond acceptors (Lipinski definition) is 2. The first-order valence-electron chi connectivity index (χ1n) is 6.41.